The third-order valence-electron chi connectivity index (χ3n) is 15.6. The van der Waals surface area contributed by atoms with Crippen molar-refractivity contribution in [3.05, 3.63) is 95.5 Å². The molecular weight excluding hydrogens is 1030 g/mol. The van der Waals surface area contributed by atoms with Crippen molar-refractivity contribution in [3.8, 4) is 11.1 Å². The second-order valence-corrected chi connectivity index (χ2v) is 22.0. The number of nitrogens with two attached hydrogens (primary N) is 1. The maximum absolute atomic E-state index is 14.9. The number of likely N-dealkylation sites (N-methyl/N-ethyl adjacent to an activating group) is 1. The van der Waals surface area contributed by atoms with E-state index in [1.165, 1.54) is 54.3 Å². The van der Waals surface area contributed by atoms with E-state index < -0.39 is 29.8 Å². The lowest BCUT2D eigenvalue weighted by atomic mass is 9.88. The Bertz CT molecular complexity index is 2780. The number of carbonyl (C=O) groups excluding carboxylic acids is 5. The molecule has 1 unspecified atom stereocenters. The molecule has 8 rings (SSSR count). The number of ketones is 1. The molecule has 79 heavy (non-hydrogen) atoms. The van der Waals surface area contributed by atoms with Crippen LogP contribution in [0.5, 0.6) is 0 Å². The molecule has 1 aromatic carbocycles. The number of hydrogen-bond donors (Lipinski definition) is 4. The number of amides is 4. The third-order valence-corrected chi connectivity index (χ3v) is 16.8. The van der Waals surface area contributed by atoms with Crippen LogP contribution in [-0.2, 0) is 41.7 Å². The van der Waals surface area contributed by atoms with Crippen molar-refractivity contribution in [3.63, 3.8) is 0 Å². The van der Waals surface area contributed by atoms with Gasteiger partial charge in [-0.2, -0.15) is 5.10 Å². The quantitative estimate of drug-likeness (QED) is 0.0864. The highest BCUT2D eigenvalue weighted by Gasteiger charge is 2.43. The number of nitrogen functional groups attached to an aromatic ring is 1. The molecule has 2 bridgehead atoms. The number of anilines is 2. The normalized spacial score (nSPS) is 22.2. The van der Waals surface area contributed by atoms with Crippen LogP contribution < -0.4 is 26.6 Å². The largest absolute Gasteiger partial charge is 0.382 e. The number of carbonyl (C=O) groups is 5. The van der Waals surface area contributed by atoms with Crippen LogP contribution in [0, 0.1) is 18.7 Å². The van der Waals surface area contributed by atoms with Gasteiger partial charge in [0.25, 0.3) is 0 Å². The van der Waals surface area contributed by atoms with Gasteiger partial charge in [-0.15, -0.1) is 11.8 Å². The van der Waals surface area contributed by atoms with E-state index in [1.807, 2.05) is 22.6 Å². The minimum atomic E-state index is -0.711. The number of ether oxygens (including phenoxy) is 2. The first-order valence-corrected chi connectivity index (χ1v) is 28.6. The first kappa shape index (κ1) is 58.8. The summed E-state index contributed by atoms with van der Waals surface area (Å²) in [5.41, 5.74) is 11.3. The van der Waals surface area contributed by atoms with Crippen LogP contribution >= 0.6 is 11.8 Å². The van der Waals surface area contributed by atoms with Gasteiger partial charge >= 0.3 is 0 Å². The standard InChI is InChI=1S/C57H76F2N12O7S/c1-36-31-43(59)9-6-12-50(73)67(5)34-44-51(41-32-48(54(60)63-33-41)69-21-7-10-46(36)69)38(3)71(66-44)25-20-62-49(72)19-27-77-29-30-78-28-26-68-23-17-39(18-24-68)52(65-55(75)37(2)61-4)57(76)70-22-8-11-47(70)56-64-45(35-79-56)53(74)40-13-15-42(58)16-14-40/h6,9,13-16,31-33,37,39,45-47,52,61H,1,7-8,10-12,17-30,34-35H2,2-5H3,(H2,60,63)(H,62,72)(H,65,75)/b9-6-,43-31+/t37-,45?,46-,47-,52-/m1/s1. The van der Waals surface area contributed by atoms with Crippen LogP contribution in [0.15, 0.2) is 77.7 Å². The molecule has 0 radical (unpaired) electrons. The number of allylic oxidation sites excluding steroid dienone is 2. The molecule has 3 saturated heterocycles. The monoisotopic (exact) mass is 1110 g/mol. The van der Waals surface area contributed by atoms with Crippen LogP contribution in [0.25, 0.3) is 11.1 Å². The number of nitrogens with zero attached hydrogens (tertiary/aromatic N) is 8. The van der Waals surface area contributed by atoms with E-state index in [4.69, 9.17) is 25.3 Å². The van der Waals surface area contributed by atoms with E-state index in [0.717, 1.165) is 66.3 Å². The molecule has 0 spiro atoms. The van der Waals surface area contributed by atoms with Gasteiger partial charge in [-0.05, 0) is 126 Å². The Kier molecular flexibility index (Phi) is 20.6. The van der Waals surface area contributed by atoms with E-state index >= 15 is 0 Å². The molecule has 7 heterocycles. The lowest BCUT2D eigenvalue weighted by Crippen LogP contribution is -2.58. The van der Waals surface area contributed by atoms with Gasteiger partial charge in [0.15, 0.2) is 5.78 Å². The Morgan fingerprint density at radius 1 is 0.962 bits per heavy atom. The first-order valence-electron chi connectivity index (χ1n) is 27.6. The van der Waals surface area contributed by atoms with E-state index in [2.05, 4.69) is 37.3 Å². The molecule has 0 aliphatic carbocycles. The van der Waals surface area contributed by atoms with Crippen LogP contribution in [-0.4, -0.2) is 180 Å². The second kappa shape index (κ2) is 27.7. The predicted molar refractivity (Wildman–Crippen MR) is 302 cm³/mol. The average Bonchev–Trinajstić information content (AvgIpc) is 4.38. The number of hydrogen-bond acceptors (Lipinski definition) is 15. The van der Waals surface area contributed by atoms with Gasteiger partial charge < -0.3 is 50.8 Å². The number of piperidine rings is 1. The highest BCUT2D eigenvalue weighted by atomic mass is 32.2. The fourth-order valence-corrected chi connectivity index (χ4v) is 12.2. The fourth-order valence-electron chi connectivity index (χ4n) is 11.0. The molecule has 3 fully saturated rings. The summed E-state index contributed by atoms with van der Waals surface area (Å²) in [6.07, 6.45) is 10.7. The van der Waals surface area contributed by atoms with E-state index in [-0.39, 0.29) is 73.4 Å². The summed E-state index contributed by atoms with van der Waals surface area (Å²) in [5, 5.41) is 14.7. The molecular formula is C57H76F2N12O7S. The molecule has 4 amide bonds. The molecule has 426 valence electrons. The van der Waals surface area contributed by atoms with Crippen molar-refractivity contribution in [1.82, 2.24) is 45.4 Å². The van der Waals surface area contributed by atoms with Crippen molar-refractivity contribution in [1.29, 1.82) is 0 Å². The highest BCUT2D eigenvalue weighted by Crippen LogP contribution is 2.38. The summed E-state index contributed by atoms with van der Waals surface area (Å²) in [7, 11) is 3.40. The zero-order chi connectivity index (χ0) is 56.2. The summed E-state index contributed by atoms with van der Waals surface area (Å²) >= 11 is 1.49. The van der Waals surface area contributed by atoms with E-state index in [9.17, 15) is 32.8 Å². The Morgan fingerprint density at radius 2 is 1.70 bits per heavy atom. The number of halogens is 2. The second-order valence-electron chi connectivity index (χ2n) is 20.9. The minimum Gasteiger partial charge on any atom is -0.382 e. The third kappa shape index (κ3) is 14.9. The van der Waals surface area contributed by atoms with Crippen LogP contribution in [0.4, 0.5) is 20.3 Å². The lowest BCUT2D eigenvalue weighted by molar-refractivity contribution is -0.138. The summed E-state index contributed by atoms with van der Waals surface area (Å²) in [4.78, 5) is 84.2. The Hall–Kier alpha value is -6.33. The summed E-state index contributed by atoms with van der Waals surface area (Å²) in [5.74, 6) is -1.07. The van der Waals surface area contributed by atoms with E-state index in [1.54, 1.807) is 32.1 Å². The SMILES string of the molecule is C=C1/C=C(F)\C=C/CC(=O)N(C)Cc2nn(CCNC(=O)CCOCCOCCN3CCC([C@@H](NC(=O)[C@@H](C)NC)C(=O)N4CCC[C@@H]4C4=NC(C(=O)c5ccc(F)cc5)CS4)CC3)c(C)c2-c2cnc(N)c(c2)N2CCC[C@H]12. The number of likely N-dealkylation sites (tertiary alicyclic amines) is 2. The van der Waals surface area contributed by atoms with E-state index in [0.29, 0.717) is 93.8 Å². The van der Waals surface area contributed by atoms with Crippen LogP contribution in [0.1, 0.15) is 80.0 Å². The number of rotatable bonds is 20. The molecule has 5 aliphatic rings. The summed E-state index contributed by atoms with van der Waals surface area (Å²) < 4.78 is 41.9. The Labute approximate surface area is 465 Å². The molecule has 19 nitrogen and oxygen atoms in total. The Balaban J connectivity index is 0.763. The smallest absolute Gasteiger partial charge is 0.246 e. The van der Waals surface area contributed by atoms with Gasteiger partial charge in [0, 0.05) is 80.4 Å². The summed E-state index contributed by atoms with van der Waals surface area (Å²) in [6.45, 7) is 13.6. The number of Topliss-reactive ketones (excluding diaryl/α,β-unsaturated/α-hetero) is 1. The zero-order valence-corrected chi connectivity index (χ0v) is 46.7. The highest BCUT2D eigenvalue weighted by molar-refractivity contribution is 8.14. The fraction of sp³-hybridized carbons (Fsp3) is 0.544. The number of aliphatic imine (C=N–C) groups is 1. The number of benzene rings is 1. The van der Waals surface area contributed by atoms with Crippen molar-refractivity contribution < 1.29 is 42.2 Å². The molecule has 5 atom stereocenters. The van der Waals surface area contributed by atoms with Crippen molar-refractivity contribution in [2.45, 2.75) is 109 Å². The van der Waals surface area contributed by atoms with Gasteiger partial charge in [0.1, 0.15) is 29.5 Å². The first-order chi connectivity index (χ1) is 38.1. The maximum atomic E-state index is 14.9. The number of thioether (sulfide) groups is 1. The average molecular weight is 1110 g/mol. The van der Waals surface area contributed by atoms with Crippen LogP contribution in [0.2, 0.25) is 0 Å². The topological polar surface area (TPSA) is 222 Å². The molecule has 0 saturated carbocycles. The molecule has 2 aromatic heterocycles. The number of aromatic nitrogens is 3. The van der Waals surface area contributed by atoms with Gasteiger partial charge in [0.05, 0.1) is 74.1 Å². The van der Waals surface area contributed by atoms with Crippen molar-refractivity contribution in [2.75, 3.05) is 96.2 Å². The van der Waals surface area contributed by atoms with Crippen molar-refractivity contribution in [2.24, 2.45) is 10.9 Å². The maximum Gasteiger partial charge on any atom is 0.246 e. The summed E-state index contributed by atoms with van der Waals surface area (Å²) in [6, 6.07) is 5.22. The molecule has 22 heteroatoms. The van der Waals surface area contributed by atoms with Crippen molar-refractivity contribution >= 4 is 57.7 Å². The molecule has 3 aromatic rings. The number of fused-ring (bicyclic) bond motifs is 6. The Morgan fingerprint density at radius 3 is 2.46 bits per heavy atom. The zero-order valence-electron chi connectivity index (χ0n) is 45.9. The lowest BCUT2D eigenvalue weighted by Gasteiger charge is -2.38. The van der Waals surface area contributed by atoms with Crippen LogP contribution in [0.3, 0.4) is 0 Å². The van der Waals surface area contributed by atoms with Gasteiger partial charge in [0.2, 0.25) is 23.6 Å². The number of pyridine rings is 1. The predicted octanol–water partition coefficient (Wildman–Crippen LogP) is 5.00. The molecule has 5 aliphatic heterocycles. The number of nitrogens with one attached hydrogen (secondary N) is 3. The van der Waals surface area contributed by atoms with Gasteiger partial charge in [-0.3, -0.25) is 33.6 Å². The van der Waals surface area contributed by atoms with Gasteiger partial charge in [-0.25, -0.2) is 13.8 Å². The molecule has 5 N–H and O–H groups in total. The minimum absolute atomic E-state index is 0.0107. The van der Waals surface area contributed by atoms with Gasteiger partial charge in [-0.1, -0.05) is 12.7 Å².